The van der Waals surface area contributed by atoms with Crippen LogP contribution in [0.4, 0.5) is 0 Å². The normalized spacial score (nSPS) is 27.5. The quantitative estimate of drug-likeness (QED) is 0.738. The van der Waals surface area contributed by atoms with Gasteiger partial charge in [-0.15, -0.1) is 0 Å². The summed E-state index contributed by atoms with van der Waals surface area (Å²) in [7, 11) is -3.64. The molecular formula is C12H14BrClN2O3S. The lowest BCUT2D eigenvalue weighted by molar-refractivity contribution is -0.0241. The molecule has 2 heterocycles. The molecule has 1 aromatic rings. The smallest absolute Gasteiger partial charge is 0.246 e. The Morgan fingerprint density at radius 2 is 2.25 bits per heavy atom. The van der Waals surface area contributed by atoms with Gasteiger partial charge in [0.15, 0.2) is 0 Å². The van der Waals surface area contributed by atoms with Crippen LogP contribution >= 0.6 is 27.5 Å². The van der Waals surface area contributed by atoms with Gasteiger partial charge in [0, 0.05) is 17.2 Å². The Hall–Kier alpha value is -0.210. The summed E-state index contributed by atoms with van der Waals surface area (Å²) >= 11 is 9.21. The van der Waals surface area contributed by atoms with E-state index in [1.165, 1.54) is 16.6 Å². The number of aromatic nitrogens is 1. The third kappa shape index (κ3) is 2.50. The van der Waals surface area contributed by atoms with Crippen LogP contribution in [0.25, 0.3) is 0 Å². The average Bonchev–Trinajstić information content (AvgIpc) is 2.89. The second kappa shape index (κ2) is 5.53. The van der Waals surface area contributed by atoms with Crippen LogP contribution in [0.15, 0.2) is 21.6 Å². The molecule has 20 heavy (non-hydrogen) atoms. The lowest BCUT2D eigenvalue weighted by atomic mass is 10.2. The molecule has 2 aliphatic rings. The monoisotopic (exact) mass is 380 g/mol. The van der Waals surface area contributed by atoms with Crippen molar-refractivity contribution in [3.8, 4) is 0 Å². The molecule has 1 aromatic heterocycles. The van der Waals surface area contributed by atoms with E-state index in [-0.39, 0.29) is 22.2 Å². The third-order valence-corrected chi connectivity index (χ3v) is 6.58. The molecule has 110 valence electrons. The van der Waals surface area contributed by atoms with Crippen LogP contribution in [-0.4, -0.2) is 43.0 Å². The van der Waals surface area contributed by atoms with Gasteiger partial charge in [-0.2, -0.15) is 4.31 Å². The highest BCUT2D eigenvalue weighted by molar-refractivity contribution is 9.10. The molecule has 2 atom stereocenters. The maximum absolute atomic E-state index is 12.8. The van der Waals surface area contributed by atoms with E-state index in [2.05, 4.69) is 20.9 Å². The molecule has 0 N–H and O–H groups in total. The van der Waals surface area contributed by atoms with Crippen molar-refractivity contribution < 1.29 is 13.2 Å². The zero-order valence-electron chi connectivity index (χ0n) is 10.6. The first-order valence-corrected chi connectivity index (χ1v) is 9.06. The first-order valence-electron chi connectivity index (χ1n) is 6.44. The van der Waals surface area contributed by atoms with Gasteiger partial charge in [0.25, 0.3) is 0 Å². The Kier molecular flexibility index (Phi) is 4.07. The van der Waals surface area contributed by atoms with Gasteiger partial charge in [-0.1, -0.05) is 11.6 Å². The number of nitrogens with zero attached hydrogens (tertiary/aromatic N) is 2. The number of fused-ring (bicyclic) bond motifs is 1. The molecule has 2 fully saturated rings. The second-order valence-electron chi connectivity index (χ2n) is 4.97. The summed E-state index contributed by atoms with van der Waals surface area (Å²) in [6, 6.07) is 1.42. The van der Waals surface area contributed by atoms with E-state index in [1.54, 1.807) is 0 Å². The standard InChI is InChI=1S/C12H14BrClN2O3S/c13-8-6-11(12(14)15-7-8)20(17,18)16-4-5-19-10-3-1-2-9(10)16/h6-7,9-10H,1-5H2. The largest absolute Gasteiger partial charge is 0.375 e. The van der Waals surface area contributed by atoms with Crippen LogP contribution in [0.2, 0.25) is 5.15 Å². The van der Waals surface area contributed by atoms with Gasteiger partial charge < -0.3 is 4.74 Å². The summed E-state index contributed by atoms with van der Waals surface area (Å²) in [6.07, 6.45) is 4.24. The van der Waals surface area contributed by atoms with Crippen LogP contribution in [0, 0.1) is 0 Å². The number of hydrogen-bond donors (Lipinski definition) is 0. The molecule has 1 aliphatic carbocycles. The van der Waals surface area contributed by atoms with E-state index >= 15 is 0 Å². The summed E-state index contributed by atoms with van der Waals surface area (Å²) < 4.78 is 33.4. The molecule has 0 bridgehead atoms. The Morgan fingerprint density at radius 3 is 3.05 bits per heavy atom. The second-order valence-corrected chi connectivity index (χ2v) is 8.10. The molecule has 1 saturated heterocycles. The Morgan fingerprint density at radius 1 is 1.45 bits per heavy atom. The summed E-state index contributed by atoms with van der Waals surface area (Å²) in [4.78, 5) is 3.96. The number of rotatable bonds is 2. The molecule has 1 saturated carbocycles. The maximum atomic E-state index is 12.8. The summed E-state index contributed by atoms with van der Waals surface area (Å²) in [5.74, 6) is 0. The fourth-order valence-electron chi connectivity index (χ4n) is 2.90. The number of sulfonamides is 1. The highest BCUT2D eigenvalue weighted by Crippen LogP contribution is 2.35. The highest BCUT2D eigenvalue weighted by atomic mass is 79.9. The fraction of sp³-hybridized carbons (Fsp3) is 0.583. The van der Waals surface area contributed by atoms with Crippen molar-refractivity contribution in [2.75, 3.05) is 13.2 Å². The summed E-state index contributed by atoms with van der Waals surface area (Å²) in [5.41, 5.74) is 0. The van der Waals surface area contributed by atoms with Crippen LogP contribution in [0.3, 0.4) is 0 Å². The molecule has 1 aliphatic heterocycles. The minimum atomic E-state index is -3.64. The third-order valence-electron chi connectivity index (χ3n) is 3.79. The molecule has 0 spiro atoms. The van der Waals surface area contributed by atoms with Crippen molar-refractivity contribution in [2.45, 2.75) is 36.3 Å². The highest BCUT2D eigenvalue weighted by Gasteiger charge is 2.43. The summed E-state index contributed by atoms with van der Waals surface area (Å²) in [5, 5.41) is 0.00855. The zero-order chi connectivity index (χ0) is 14.3. The van der Waals surface area contributed by atoms with Gasteiger partial charge >= 0.3 is 0 Å². The van der Waals surface area contributed by atoms with E-state index in [0.29, 0.717) is 17.6 Å². The van der Waals surface area contributed by atoms with Crippen molar-refractivity contribution >= 4 is 37.6 Å². The molecule has 2 unspecified atom stereocenters. The van der Waals surface area contributed by atoms with Gasteiger partial charge in [0.2, 0.25) is 10.0 Å². The first-order chi connectivity index (χ1) is 9.50. The zero-order valence-corrected chi connectivity index (χ0v) is 13.8. The first kappa shape index (κ1) is 14.7. The maximum Gasteiger partial charge on any atom is 0.246 e. The van der Waals surface area contributed by atoms with Gasteiger partial charge in [0.1, 0.15) is 10.0 Å². The van der Waals surface area contributed by atoms with Gasteiger partial charge in [-0.25, -0.2) is 13.4 Å². The van der Waals surface area contributed by atoms with Crippen LogP contribution in [0.5, 0.6) is 0 Å². The Bertz CT molecular complexity index is 625. The van der Waals surface area contributed by atoms with Crippen LogP contribution in [-0.2, 0) is 14.8 Å². The lowest BCUT2D eigenvalue weighted by Gasteiger charge is -2.36. The van der Waals surface area contributed by atoms with E-state index < -0.39 is 10.0 Å². The minimum absolute atomic E-state index is 0.00855. The van der Waals surface area contributed by atoms with Gasteiger partial charge in [-0.3, -0.25) is 0 Å². The predicted molar refractivity (Wildman–Crippen MR) is 78.2 cm³/mol. The van der Waals surface area contributed by atoms with Gasteiger partial charge in [-0.05, 0) is 41.3 Å². The van der Waals surface area contributed by atoms with Crippen LogP contribution < -0.4 is 0 Å². The van der Waals surface area contributed by atoms with Crippen molar-refractivity contribution in [2.24, 2.45) is 0 Å². The molecule has 0 aromatic carbocycles. The molecule has 5 nitrogen and oxygen atoms in total. The minimum Gasteiger partial charge on any atom is -0.375 e. The van der Waals surface area contributed by atoms with Gasteiger partial charge in [0.05, 0.1) is 18.8 Å². The SMILES string of the molecule is O=S(=O)(c1cc(Br)cnc1Cl)N1CCOC2CCCC21. The molecule has 0 amide bonds. The molecule has 8 heteroatoms. The Balaban J connectivity index is 2.00. The number of halogens is 2. The van der Waals surface area contributed by atoms with Crippen LogP contribution in [0.1, 0.15) is 19.3 Å². The van der Waals surface area contributed by atoms with Crippen molar-refractivity contribution in [3.63, 3.8) is 0 Å². The molecule has 0 radical (unpaired) electrons. The predicted octanol–water partition coefficient (Wildman–Crippen LogP) is 2.44. The number of ether oxygens (including phenoxy) is 1. The van der Waals surface area contributed by atoms with E-state index in [0.717, 1.165) is 19.3 Å². The van der Waals surface area contributed by atoms with Crippen molar-refractivity contribution in [1.29, 1.82) is 0 Å². The summed E-state index contributed by atoms with van der Waals surface area (Å²) in [6.45, 7) is 0.797. The number of hydrogen-bond acceptors (Lipinski definition) is 4. The number of pyridine rings is 1. The molecular weight excluding hydrogens is 368 g/mol. The lowest BCUT2D eigenvalue weighted by Crippen LogP contribution is -2.51. The molecule has 3 rings (SSSR count). The van der Waals surface area contributed by atoms with E-state index in [9.17, 15) is 8.42 Å². The Labute approximate surface area is 131 Å². The van der Waals surface area contributed by atoms with Crippen molar-refractivity contribution in [1.82, 2.24) is 9.29 Å². The van der Waals surface area contributed by atoms with E-state index in [1.807, 2.05) is 0 Å². The number of morpholine rings is 1. The van der Waals surface area contributed by atoms with E-state index in [4.69, 9.17) is 16.3 Å². The van der Waals surface area contributed by atoms with Crippen molar-refractivity contribution in [3.05, 3.63) is 21.9 Å². The average molecular weight is 382 g/mol. The topological polar surface area (TPSA) is 59.5 Å². The fourth-order valence-corrected chi connectivity index (χ4v) is 5.49.